The predicted molar refractivity (Wildman–Crippen MR) is 210 cm³/mol. The number of fused-ring (bicyclic) bond motifs is 1. The SMILES string of the molecule is CC/C=C(/N=C(\C1=C(C)CN(c2cccc3cccc(Cl)c23)CC1)N1CC(CC)NC(CF)C1)OCC(CCCC)(CCCC)C(C)CC. The molecule has 0 spiro atoms. The highest BCUT2D eigenvalue weighted by molar-refractivity contribution is 6.36. The van der Waals surface area contributed by atoms with Crippen LogP contribution in [0.5, 0.6) is 0 Å². The fourth-order valence-electron chi connectivity index (χ4n) is 7.89. The molecule has 0 bridgehead atoms. The van der Waals surface area contributed by atoms with Gasteiger partial charge in [0.05, 0.1) is 17.7 Å². The normalized spacial score (nSPS) is 20.3. The van der Waals surface area contributed by atoms with Gasteiger partial charge in [0, 0.05) is 48.7 Å². The van der Waals surface area contributed by atoms with E-state index in [1.807, 2.05) is 12.1 Å². The molecule has 0 amide bonds. The third-order valence-corrected chi connectivity index (χ3v) is 11.5. The Kier molecular flexibility index (Phi) is 15.3. The maximum Gasteiger partial charge on any atom is 0.211 e. The number of nitrogens with one attached hydrogen (secondary N) is 1. The van der Waals surface area contributed by atoms with Crippen LogP contribution in [0.3, 0.4) is 0 Å². The summed E-state index contributed by atoms with van der Waals surface area (Å²) in [4.78, 5) is 10.2. The number of ether oxygens (including phenoxy) is 1. The summed E-state index contributed by atoms with van der Waals surface area (Å²) in [5.74, 6) is 2.24. The van der Waals surface area contributed by atoms with Crippen LogP contribution in [0.25, 0.3) is 10.8 Å². The van der Waals surface area contributed by atoms with Crippen LogP contribution in [-0.2, 0) is 4.74 Å². The lowest BCUT2D eigenvalue weighted by Gasteiger charge is -2.42. The largest absolute Gasteiger partial charge is 0.477 e. The average molecular weight is 695 g/mol. The first-order valence-corrected chi connectivity index (χ1v) is 19.7. The van der Waals surface area contributed by atoms with Gasteiger partial charge in [0.25, 0.3) is 0 Å². The van der Waals surface area contributed by atoms with E-state index in [2.05, 4.69) is 93.9 Å². The number of rotatable bonds is 17. The van der Waals surface area contributed by atoms with Crippen molar-refractivity contribution in [2.45, 2.75) is 125 Å². The van der Waals surface area contributed by atoms with Crippen LogP contribution in [-0.4, -0.2) is 62.3 Å². The van der Waals surface area contributed by atoms with Gasteiger partial charge in [-0.1, -0.05) is 110 Å². The molecule has 2 aromatic carbocycles. The Hall–Kier alpha value is -2.57. The van der Waals surface area contributed by atoms with E-state index in [9.17, 15) is 4.39 Å². The van der Waals surface area contributed by atoms with E-state index in [1.54, 1.807) is 0 Å². The second kappa shape index (κ2) is 19.2. The molecule has 0 aliphatic carbocycles. The Labute approximate surface area is 302 Å². The van der Waals surface area contributed by atoms with Crippen molar-refractivity contribution in [2.75, 3.05) is 44.4 Å². The topological polar surface area (TPSA) is 40.1 Å². The number of unbranched alkanes of at least 4 members (excludes halogenated alkanes) is 2. The second-order valence-corrected chi connectivity index (χ2v) is 15.0. The maximum atomic E-state index is 14.3. The van der Waals surface area contributed by atoms with Gasteiger partial charge in [-0.2, -0.15) is 4.99 Å². The molecule has 3 atom stereocenters. The van der Waals surface area contributed by atoms with Crippen LogP contribution >= 0.6 is 11.6 Å². The summed E-state index contributed by atoms with van der Waals surface area (Å²) in [6.45, 7) is 19.2. The van der Waals surface area contributed by atoms with Crippen molar-refractivity contribution in [1.29, 1.82) is 0 Å². The lowest BCUT2D eigenvalue weighted by Crippen LogP contribution is -2.59. The van der Waals surface area contributed by atoms with Crippen molar-refractivity contribution in [3.63, 3.8) is 0 Å². The molecule has 7 heteroatoms. The molecular weight excluding hydrogens is 631 g/mol. The van der Waals surface area contributed by atoms with Gasteiger partial charge in [-0.25, -0.2) is 4.39 Å². The molecule has 0 radical (unpaired) electrons. The highest BCUT2D eigenvalue weighted by Gasteiger charge is 2.36. The molecule has 4 rings (SSSR count). The van der Waals surface area contributed by atoms with Gasteiger partial charge in [0.2, 0.25) is 5.88 Å². The maximum absolute atomic E-state index is 14.3. The molecule has 2 aliphatic rings. The lowest BCUT2D eigenvalue weighted by atomic mass is 9.69. The molecule has 2 heterocycles. The molecule has 2 aromatic rings. The van der Waals surface area contributed by atoms with Crippen LogP contribution in [0.2, 0.25) is 5.02 Å². The van der Waals surface area contributed by atoms with E-state index >= 15 is 0 Å². The first-order chi connectivity index (χ1) is 23.7. The highest BCUT2D eigenvalue weighted by atomic mass is 35.5. The molecular formula is C42H64ClFN4O. The molecule has 49 heavy (non-hydrogen) atoms. The zero-order valence-corrected chi connectivity index (χ0v) is 32.3. The van der Waals surface area contributed by atoms with Gasteiger partial charge in [-0.15, -0.1) is 0 Å². The van der Waals surface area contributed by atoms with Gasteiger partial charge in [-0.05, 0) is 79.7 Å². The van der Waals surface area contributed by atoms with Crippen LogP contribution in [0, 0.1) is 11.3 Å². The fourth-order valence-corrected chi connectivity index (χ4v) is 8.16. The minimum absolute atomic E-state index is 0.130. The zero-order chi connectivity index (χ0) is 35.4. The van der Waals surface area contributed by atoms with Crippen LogP contribution in [0.15, 0.2) is 64.5 Å². The summed E-state index contributed by atoms with van der Waals surface area (Å²) in [5, 5.41) is 6.57. The van der Waals surface area contributed by atoms with Gasteiger partial charge < -0.3 is 19.9 Å². The Bertz CT molecular complexity index is 1410. The van der Waals surface area contributed by atoms with Crippen LogP contribution in [0.4, 0.5) is 10.1 Å². The molecule has 2 aliphatic heterocycles. The number of allylic oxidation sites excluding steroid dienone is 1. The number of piperazine rings is 1. The fraction of sp³-hybridized carbons (Fsp3) is 0.643. The number of amidine groups is 1. The molecule has 1 N–H and O–H groups in total. The lowest BCUT2D eigenvalue weighted by molar-refractivity contribution is 0.0224. The van der Waals surface area contributed by atoms with E-state index in [0.29, 0.717) is 25.0 Å². The number of hydrogen-bond donors (Lipinski definition) is 1. The quantitative estimate of drug-likeness (QED) is 0.102. The highest BCUT2D eigenvalue weighted by Crippen LogP contribution is 2.42. The summed E-state index contributed by atoms with van der Waals surface area (Å²) in [6, 6.07) is 12.6. The van der Waals surface area contributed by atoms with Gasteiger partial charge in [-0.3, -0.25) is 0 Å². The summed E-state index contributed by atoms with van der Waals surface area (Å²) < 4.78 is 21.2. The molecule has 3 unspecified atom stereocenters. The minimum atomic E-state index is -0.394. The van der Waals surface area contributed by atoms with Gasteiger partial charge in [0.15, 0.2) is 0 Å². The molecule has 272 valence electrons. The van der Waals surface area contributed by atoms with Crippen molar-refractivity contribution >= 4 is 33.9 Å². The number of benzene rings is 2. The average Bonchev–Trinajstić information content (AvgIpc) is 3.12. The molecule has 1 fully saturated rings. The standard InChI is InChI=1S/C42H64ClFN4O/c1-8-13-23-42(24-14-9-2,32(7)11-4)30-49-39(17-10-3)46-41(48-28-34(12-5)45-35(26-44)29-48)36-22-25-47(27-31(36)6)38-21-16-19-33-18-15-20-37(43)40(33)38/h15-21,32,34-35,45H,8-14,22-30H2,1-7H3/b39-17-,46-41+. The number of alkyl halides is 1. The molecule has 5 nitrogen and oxygen atoms in total. The van der Waals surface area contributed by atoms with E-state index < -0.39 is 6.67 Å². The molecule has 0 aromatic heterocycles. The molecule has 0 saturated carbocycles. The number of aliphatic imine (C=N–C) groups is 1. The Balaban J connectivity index is 1.74. The number of anilines is 1. The van der Waals surface area contributed by atoms with Crippen molar-refractivity contribution < 1.29 is 9.13 Å². The van der Waals surface area contributed by atoms with Gasteiger partial charge in [0.1, 0.15) is 12.5 Å². The van der Waals surface area contributed by atoms with Crippen molar-refractivity contribution in [1.82, 2.24) is 10.2 Å². The van der Waals surface area contributed by atoms with Gasteiger partial charge >= 0.3 is 0 Å². The summed E-state index contributed by atoms with van der Waals surface area (Å²) in [7, 11) is 0. The number of nitrogens with zero attached hydrogens (tertiary/aromatic N) is 3. The smallest absolute Gasteiger partial charge is 0.211 e. The van der Waals surface area contributed by atoms with Crippen molar-refractivity contribution in [2.24, 2.45) is 16.3 Å². The Morgan fingerprint density at radius 1 is 1.06 bits per heavy atom. The third-order valence-electron chi connectivity index (χ3n) is 11.2. The second-order valence-electron chi connectivity index (χ2n) is 14.6. The predicted octanol–water partition coefficient (Wildman–Crippen LogP) is 11.1. The van der Waals surface area contributed by atoms with Crippen molar-refractivity contribution in [3.8, 4) is 0 Å². The first-order valence-electron chi connectivity index (χ1n) is 19.3. The van der Waals surface area contributed by atoms with Crippen LogP contribution < -0.4 is 10.2 Å². The summed E-state index contributed by atoms with van der Waals surface area (Å²) >= 11 is 6.77. The zero-order valence-electron chi connectivity index (χ0n) is 31.6. The number of halogens is 2. The third kappa shape index (κ3) is 9.82. The Morgan fingerprint density at radius 3 is 2.37 bits per heavy atom. The van der Waals surface area contributed by atoms with E-state index in [0.717, 1.165) is 66.9 Å². The summed E-state index contributed by atoms with van der Waals surface area (Å²) in [6.07, 6.45) is 13.1. The first kappa shape index (κ1) is 39.2. The molecule has 1 saturated heterocycles. The minimum Gasteiger partial charge on any atom is -0.477 e. The summed E-state index contributed by atoms with van der Waals surface area (Å²) in [5.41, 5.74) is 3.84. The number of hydrogen-bond acceptors (Lipinski definition) is 4. The van der Waals surface area contributed by atoms with E-state index in [1.165, 1.54) is 55.4 Å². The van der Waals surface area contributed by atoms with E-state index in [4.69, 9.17) is 21.3 Å². The monoisotopic (exact) mass is 694 g/mol. The van der Waals surface area contributed by atoms with Crippen molar-refractivity contribution in [3.05, 3.63) is 64.5 Å². The van der Waals surface area contributed by atoms with Crippen LogP contribution in [0.1, 0.15) is 113 Å². The van der Waals surface area contributed by atoms with E-state index in [-0.39, 0.29) is 17.5 Å². The Morgan fingerprint density at radius 2 is 1.76 bits per heavy atom.